The molecule has 0 bridgehead atoms. The van der Waals surface area contributed by atoms with Crippen LogP contribution in [-0.4, -0.2) is 23.1 Å². The first-order chi connectivity index (χ1) is 10.6. The third-order valence-corrected chi connectivity index (χ3v) is 4.06. The minimum Gasteiger partial charge on any atom is -0.496 e. The van der Waals surface area contributed by atoms with Gasteiger partial charge >= 0.3 is 0 Å². The van der Waals surface area contributed by atoms with Crippen molar-refractivity contribution in [1.82, 2.24) is 4.98 Å². The van der Waals surface area contributed by atoms with Gasteiger partial charge in [-0.05, 0) is 38.0 Å². The van der Waals surface area contributed by atoms with Gasteiger partial charge in [0.1, 0.15) is 5.75 Å². The number of aromatic nitrogens is 1. The van der Waals surface area contributed by atoms with E-state index in [1.54, 1.807) is 36.6 Å². The molecule has 1 heterocycles. The molecule has 0 atom stereocenters. The molecule has 1 amide bonds. The highest BCUT2D eigenvalue weighted by Crippen LogP contribution is 2.22. The molecule has 0 saturated carbocycles. The van der Waals surface area contributed by atoms with Gasteiger partial charge in [0.05, 0.1) is 24.4 Å². The van der Waals surface area contributed by atoms with Crippen LogP contribution in [0.25, 0.3) is 0 Å². The van der Waals surface area contributed by atoms with E-state index in [1.807, 2.05) is 12.3 Å². The number of rotatable bonds is 7. The van der Waals surface area contributed by atoms with E-state index in [9.17, 15) is 9.90 Å². The van der Waals surface area contributed by atoms with Crippen LogP contribution in [-0.2, 0) is 17.8 Å². The van der Waals surface area contributed by atoms with Crippen molar-refractivity contribution in [3.05, 3.63) is 39.8 Å². The number of benzene rings is 1. The Labute approximate surface area is 134 Å². The maximum absolute atomic E-state index is 11.9. The van der Waals surface area contributed by atoms with Crippen LogP contribution in [0.5, 0.6) is 5.75 Å². The van der Waals surface area contributed by atoms with E-state index < -0.39 is 0 Å². The first-order valence-electron chi connectivity index (χ1n) is 7.11. The lowest BCUT2D eigenvalue weighted by Gasteiger charge is -2.10. The zero-order valence-corrected chi connectivity index (χ0v) is 13.6. The van der Waals surface area contributed by atoms with Crippen molar-refractivity contribution in [2.45, 2.75) is 32.8 Å². The van der Waals surface area contributed by atoms with Crippen molar-refractivity contribution in [3.63, 3.8) is 0 Å². The fourth-order valence-electron chi connectivity index (χ4n) is 2.16. The molecule has 0 aliphatic carbocycles. The van der Waals surface area contributed by atoms with E-state index in [2.05, 4.69) is 10.3 Å². The second-order valence-corrected chi connectivity index (χ2v) is 6.01. The number of anilines is 1. The summed E-state index contributed by atoms with van der Waals surface area (Å²) in [6.45, 7) is 1.85. The number of aryl methyl sites for hydroxylation is 2. The Bertz CT molecular complexity index is 640. The molecule has 22 heavy (non-hydrogen) atoms. The third-order valence-electron chi connectivity index (χ3n) is 3.24. The average Bonchev–Trinajstić information content (AvgIpc) is 2.92. The Morgan fingerprint density at radius 2 is 2.27 bits per heavy atom. The summed E-state index contributed by atoms with van der Waals surface area (Å²) >= 11 is 1.63. The van der Waals surface area contributed by atoms with Gasteiger partial charge in [0.2, 0.25) is 5.91 Å². The summed E-state index contributed by atoms with van der Waals surface area (Å²) in [7, 11) is 1.55. The van der Waals surface area contributed by atoms with Crippen LogP contribution < -0.4 is 10.1 Å². The number of thiazole rings is 1. The number of methoxy groups -OCH3 is 1. The summed E-state index contributed by atoms with van der Waals surface area (Å²) < 4.78 is 5.13. The van der Waals surface area contributed by atoms with Gasteiger partial charge in [-0.1, -0.05) is 0 Å². The van der Waals surface area contributed by atoms with Crippen LogP contribution in [0.2, 0.25) is 0 Å². The van der Waals surface area contributed by atoms with E-state index in [1.165, 1.54) is 0 Å². The lowest BCUT2D eigenvalue weighted by atomic mass is 10.1. The Hall–Kier alpha value is -1.92. The highest BCUT2D eigenvalue weighted by atomic mass is 32.1. The Morgan fingerprint density at radius 1 is 1.45 bits per heavy atom. The van der Waals surface area contributed by atoms with E-state index in [0.29, 0.717) is 23.4 Å². The van der Waals surface area contributed by atoms with Crippen molar-refractivity contribution in [3.8, 4) is 5.75 Å². The minimum atomic E-state index is -0.129. The number of carbonyl (C=O) groups is 1. The zero-order valence-electron chi connectivity index (χ0n) is 12.8. The SMILES string of the molecule is COc1ccc(NC(=O)CCCc2csc(C)n2)cc1CO. The first kappa shape index (κ1) is 16.5. The second kappa shape index (κ2) is 7.91. The molecule has 2 N–H and O–H groups in total. The number of ether oxygens (including phenoxy) is 1. The standard InChI is InChI=1S/C16H20N2O3S/c1-11-17-14(10-22-11)4-3-5-16(20)18-13-6-7-15(21-2)12(8-13)9-19/h6-8,10,19H,3-5,9H2,1-2H3,(H,18,20). The number of hydrogen-bond acceptors (Lipinski definition) is 5. The first-order valence-corrected chi connectivity index (χ1v) is 7.99. The normalized spacial score (nSPS) is 10.5. The van der Waals surface area contributed by atoms with Crippen LogP contribution >= 0.6 is 11.3 Å². The summed E-state index contributed by atoms with van der Waals surface area (Å²) in [5.74, 6) is 0.570. The van der Waals surface area contributed by atoms with Crippen LogP contribution in [0.15, 0.2) is 23.6 Å². The van der Waals surface area contributed by atoms with Gasteiger partial charge in [-0.2, -0.15) is 0 Å². The van der Waals surface area contributed by atoms with Gasteiger partial charge in [-0.3, -0.25) is 4.79 Å². The third kappa shape index (κ3) is 4.54. The van der Waals surface area contributed by atoms with Crippen LogP contribution in [0.1, 0.15) is 29.1 Å². The summed E-state index contributed by atoms with van der Waals surface area (Å²) in [6, 6.07) is 5.22. The van der Waals surface area contributed by atoms with Gasteiger partial charge in [-0.25, -0.2) is 4.98 Å². The van der Waals surface area contributed by atoms with Gasteiger partial charge in [0, 0.05) is 23.1 Å². The summed E-state index contributed by atoms with van der Waals surface area (Å²) in [5.41, 5.74) is 2.36. The number of hydrogen-bond donors (Lipinski definition) is 2. The van der Waals surface area contributed by atoms with Crippen LogP contribution in [0, 0.1) is 6.92 Å². The highest BCUT2D eigenvalue weighted by Gasteiger charge is 2.07. The lowest BCUT2D eigenvalue weighted by Crippen LogP contribution is -2.12. The molecule has 2 rings (SSSR count). The van der Waals surface area contributed by atoms with Crippen molar-refractivity contribution >= 4 is 22.9 Å². The number of carbonyl (C=O) groups excluding carboxylic acids is 1. The lowest BCUT2D eigenvalue weighted by molar-refractivity contribution is -0.116. The molecule has 6 heteroatoms. The van der Waals surface area contributed by atoms with Crippen LogP contribution in [0.4, 0.5) is 5.69 Å². The molecule has 2 aromatic rings. The largest absolute Gasteiger partial charge is 0.496 e. The topological polar surface area (TPSA) is 71.5 Å². The molecule has 5 nitrogen and oxygen atoms in total. The summed E-state index contributed by atoms with van der Waals surface area (Å²) in [5, 5.41) is 15.2. The molecular weight excluding hydrogens is 300 g/mol. The molecule has 1 aromatic carbocycles. The molecule has 118 valence electrons. The van der Waals surface area contributed by atoms with Gasteiger partial charge in [0.15, 0.2) is 0 Å². The van der Waals surface area contributed by atoms with Gasteiger partial charge < -0.3 is 15.2 Å². The Balaban J connectivity index is 1.84. The fraction of sp³-hybridized carbons (Fsp3) is 0.375. The minimum absolute atomic E-state index is 0.0407. The van der Waals surface area contributed by atoms with Crippen LogP contribution in [0.3, 0.4) is 0 Å². The second-order valence-electron chi connectivity index (χ2n) is 4.94. The molecular formula is C16H20N2O3S. The smallest absolute Gasteiger partial charge is 0.224 e. The van der Waals surface area contributed by atoms with Crippen molar-refractivity contribution < 1.29 is 14.6 Å². The van der Waals surface area contributed by atoms with Crippen molar-refractivity contribution in [1.29, 1.82) is 0 Å². The number of nitrogens with one attached hydrogen (secondary N) is 1. The molecule has 1 aromatic heterocycles. The van der Waals surface area contributed by atoms with E-state index >= 15 is 0 Å². The average molecular weight is 320 g/mol. The van der Waals surface area contributed by atoms with Crippen molar-refractivity contribution in [2.24, 2.45) is 0 Å². The van der Waals surface area contributed by atoms with E-state index in [4.69, 9.17) is 4.74 Å². The molecule has 0 unspecified atom stereocenters. The molecule has 0 fully saturated rings. The monoisotopic (exact) mass is 320 g/mol. The predicted molar refractivity (Wildman–Crippen MR) is 87.3 cm³/mol. The molecule has 0 saturated heterocycles. The number of nitrogens with zero attached hydrogens (tertiary/aromatic N) is 1. The number of aliphatic hydroxyl groups excluding tert-OH is 1. The summed E-state index contributed by atoms with van der Waals surface area (Å²) in [4.78, 5) is 16.3. The quantitative estimate of drug-likeness (QED) is 0.823. The molecule has 0 aliphatic rings. The summed E-state index contributed by atoms with van der Waals surface area (Å²) in [6.07, 6.45) is 2.01. The van der Waals surface area contributed by atoms with E-state index in [0.717, 1.165) is 23.5 Å². The predicted octanol–water partition coefficient (Wildman–Crippen LogP) is 2.91. The maximum Gasteiger partial charge on any atom is 0.224 e. The Kier molecular flexibility index (Phi) is 5.91. The van der Waals surface area contributed by atoms with E-state index in [-0.39, 0.29) is 12.5 Å². The van der Waals surface area contributed by atoms with Crippen molar-refractivity contribution in [2.75, 3.05) is 12.4 Å². The Morgan fingerprint density at radius 3 is 2.91 bits per heavy atom. The molecule has 0 radical (unpaired) electrons. The number of amides is 1. The highest BCUT2D eigenvalue weighted by molar-refractivity contribution is 7.09. The molecule has 0 aliphatic heterocycles. The van der Waals surface area contributed by atoms with Gasteiger partial charge in [-0.15, -0.1) is 11.3 Å². The molecule has 0 spiro atoms. The van der Waals surface area contributed by atoms with Gasteiger partial charge in [0.25, 0.3) is 0 Å². The zero-order chi connectivity index (χ0) is 15.9. The number of aliphatic hydroxyl groups is 1. The fourth-order valence-corrected chi connectivity index (χ4v) is 2.80. The maximum atomic E-state index is 11.9.